The van der Waals surface area contributed by atoms with Gasteiger partial charge in [-0.3, -0.25) is 0 Å². The van der Waals surface area contributed by atoms with Crippen LogP contribution in [-0.2, 0) is 6.54 Å². The molecule has 3 heteroatoms. The largest absolute Gasteiger partial charge is 0.288 e. The summed E-state index contributed by atoms with van der Waals surface area (Å²) in [5.74, 6) is 1.12. The maximum atomic E-state index is 4.72. The van der Waals surface area contributed by atoms with Gasteiger partial charge in [0.1, 0.15) is 0 Å². The number of rotatable bonds is 5. The predicted molar refractivity (Wildman–Crippen MR) is 98.8 cm³/mol. The van der Waals surface area contributed by atoms with Gasteiger partial charge in [0.2, 0.25) is 5.03 Å². The number of H-pyrrole nitrogens is 1. The molecular formula is C20H23N2S+. The molecule has 0 saturated heterocycles. The minimum Gasteiger partial charge on any atom is -0.231 e. The highest BCUT2D eigenvalue weighted by Gasteiger charge is 2.24. The van der Waals surface area contributed by atoms with E-state index in [4.69, 9.17) is 12.6 Å². The number of thiol groups is 1. The molecule has 0 amide bonds. The van der Waals surface area contributed by atoms with Crippen LogP contribution >= 0.6 is 12.6 Å². The molecule has 0 saturated carbocycles. The summed E-state index contributed by atoms with van der Waals surface area (Å²) < 4.78 is 2.37. The zero-order chi connectivity index (χ0) is 16.2. The zero-order valence-electron chi connectivity index (χ0n) is 13.7. The van der Waals surface area contributed by atoms with Crippen LogP contribution in [0.5, 0.6) is 0 Å². The Kier molecular flexibility index (Phi) is 4.87. The molecule has 1 heterocycles. The molecule has 23 heavy (non-hydrogen) atoms. The van der Waals surface area contributed by atoms with E-state index in [-0.39, 0.29) is 0 Å². The van der Waals surface area contributed by atoms with Gasteiger partial charge >= 0.3 is 0 Å². The van der Waals surface area contributed by atoms with Crippen LogP contribution in [0.2, 0.25) is 0 Å². The van der Waals surface area contributed by atoms with E-state index in [1.165, 1.54) is 28.8 Å². The molecule has 1 aromatic heterocycles. The summed E-state index contributed by atoms with van der Waals surface area (Å²) in [4.78, 5) is 3.48. The fraction of sp³-hybridized carbons (Fsp3) is 0.250. The molecule has 2 nitrogen and oxygen atoms in total. The number of hydrogen-bond acceptors (Lipinski definition) is 1. The maximum Gasteiger partial charge on any atom is 0.288 e. The molecule has 0 bridgehead atoms. The summed E-state index contributed by atoms with van der Waals surface area (Å²) in [6.07, 6.45) is 2.32. The molecule has 0 aliphatic rings. The van der Waals surface area contributed by atoms with Crippen molar-refractivity contribution in [1.29, 1.82) is 0 Å². The second kappa shape index (κ2) is 7.05. The van der Waals surface area contributed by atoms with E-state index in [0.717, 1.165) is 23.8 Å². The molecule has 1 N–H and O–H groups in total. The number of nitrogens with zero attached hydrogens (tertiary/aromatic N) is 1. The summed E-state index contributed by atoms with van der Waals surface area (Å²) in [6.45, 7) is 5.33. The molecule has 0 spiro atoms. The number of unbranched alkanes of at least 4 members (excludes halogenated alkanes) is 1. The molecule has 0 fully saturated rings. The molecule has 2 aromatic carbocycles. The second-order valence-electron chi connectivity index (χ2n) is 5.91. The molecule has 0 aliphatic carbocycles. The van der Waals surface area contributed by atoms with Crippen molar-refractivity contribution in [3.8, 4) is 22.6 Å². The Morgan fingerprint density at radius 2 is 1.65 bits per heavy atom. The summed E-state index contributed by atoms with van der Waals surface area (Å²) in [6, 6.07) is 19.1. The van der Waals surface area contributed by atoms with Gasteiger partial charge in [-0.15, -0.1) is 0 Å². The van der Waals surface area contributed by atoms with Gasteiger partial charge in [0.15, 0.2) is 5.69 Å². The van der Waals surface area contributed by atoms with Crippen molar-refractivity contribution < 1.29 is 4.57 Å². The third-order valence-electron chi connectivity index (χ3n) is 4.11. The number of aryl methyl sites for hydroxylation is 1. The minimum absolute atomic E-state index is 0.920. The molecule has 3 aromatic rings. The number of aromatic amines is 1. The molecule has 0 unspecified atom stereocenters. The average molecular weight is 323 g/mol. The van der Waals surface area contributed by atoms with Crippen molar-refractivity contribution in [3.63, 3.8) is 0 Å². The lowest BCUT2D eigenvalue weighted by Gasteiger charge is -2.05. The highest BCUT2D eigenvalue weighted by molar-refractivity contribution is 7.80. The van der Waals surface area contributed by atoms with Gasteiger partial charge in [0, 0.05) is 5.56 Å². The Morgan fingerprint density at radius 3 is 2.30 bits per heavy atom. The first-order valence-electron chi connectivity index (χ1n) is 8.18. The van der Waals surface area contributed by atoms with Crippen molar-refractivity contribution in [3.05, 3.63) is 60.2 Å². The lowest BCUT2D eigenvalue weighted by atomic mass is 10.1. The van der Waals surface area contributed by atoms with Crippen LogP contribution in [0.4, 0.5) is 0 Å². The molecule has 0 radical (unpaired) electrons. The van der Waals surface area contributed by atoms with Gasteiger partial charge in [-0.05, 0) is 25.5 Å². The normalized spacial score (nSPS) is 10.9. The van der Waals surface area contributed by atoms with E-state index in [1.807, 2.05) is 6.07 Å². The Balaban J connectivity index is 2.15. The number of imidazole rings is 1. The first-order chi connectivity index (χ1) is 11.2. The highest BCUT2D eigenvalue weighted by Crippen LogP contribution is 2.27. The summed E-state index contributed by atoms with van der Waals surface area (Å²) in [5, 5.41) is 0.920. The Morgan fingerprint density at radius 1 is 0.957 bits per heavy atom. The topological polar surface area (TPSA) is 19.7 Å². The van der Waals surface area contributed by atoms with Crippen molar-refractivity contribution in [2.45, 2.75) is 38.3 Å². The zero-order valence-corrected chi connectivity index (χ0v) is 14.6. The van der Waals surface area contributed by atoms with Crippen LogP contribution in [0.1, 0.15) is 25.3 Å². The average Bonchev–Trinajstić information content (AvgIpc) is 2.91. The summed E-state index contributed by atoms with van der Waals surface area (Å²) >= 11 is 4.72. The summed E-state index contributed by atoms with van der Waals surface area (Å²) in [5.41, 5.74) is 4.83. The number of benzene rings is 2. The highest BCUT2D eigenvalue weighted by atomic mass is 32.1. The minimum atomic E-state index is 0.920. The molecule has 0 aliphatic heterocycles. The van der Waals surface area contributed by atoms with Gasteiger partial charge in [-0.2, -0.15) is 0 Å². The Hall–Kier alpha value is -2.00. The fourth-order valence-corrected chi connectivity index (χ4v) is 3.20. The second-order valence-corrected chi connectivity index (χ2v) is 6.36. The van der Waals surface area contributed by atoms with Gasteiger partial charge in [0.05, 0.1) is 12.1 Å². The van der Waals surface area contributed by atoms with E-state index >= 15 is 0 Å². The van der Waals surface area contributed by atoms with E-state index in [0.29, 0.717) is 0 Å². The lowest BCUT2D eigenvalue weighted by molar-refractivity contribution is -0.675. The van der Waals surface area contributed by atoms with E-state index in [2.05, 4.69) is 71.9 Å². The fourth-order valence-electron chi connectivity index (χ4n) is 2.85. The van der Waals surface area contributed by atoms with E-state index in [1.54, 1.807) is 0 Å². The van der Waals surface area contributed by atoms with Crippen molar-refractivity contribution in [2.24, 2.45) is 0 Å². The standard InChI is InChI=1S/C20H22N2S/c1-3-4-14-22-18(16-12-10-15(2)11-13-16)20(23)21-19(22)17-8-6-5-7-9-17/h5-13,23H,3-4,14H2,1-2H3/p+1. The Bertz CT molecular complexity index is 773. The van der Waals surface area contributed by atoms with Gasteiger partial charge < -0.3 is 0 Å². The van der Waals surface area contributed by atoms with Crippen molar-refractivity contribution in [2.75, 3.05) is 0 Å². The Labute approximate surface area is 143 Å². The third-order valence-corrected chi connectivity index (χ3v) is 4.43. The van der Waals surface area contributed by atoms with E-state index in [9.17, 15) is 0 Å². The summed E-state index contributed by atoms with van der Waals surface area (Å²) in [7, 11) is 0. The van der Waals surface area contributed by atoms with Crippen LogP contribution < -0.4 is 4.57 Å². The van der Waals surface area contributed by atoms with Crippen LogP contribution in [0.25, 0.3) is 22.6 Å². The first kappa shape index (κ1) is 15.9. The van der Waals surface area contributed by atoms with Crippen LogP contribution in [0.3, 0.4) is 0 Å². The maximum absolute atomic E-state index is 4.72. The van der Waals surface area contributed by atoms with Crippen LogP contribution in [0.15, 0.2) is 59.6 Å². The molecule has 3 rings (SSSR count). The predicted octanol–water partition coefficient (Wildman–Crippen LogP) is 5.03. The smallest absolute Gasteiger partial charge is 0.231 e. The first-order valence-corrected chi connectivity index (χ1v) is 8.62. The number of aromatic nitrogens is 2. The third kappa shape index (κ3) is 3.35. The van der Waals surface area contributed by atoms with Gasteiger partial charge in [-0.25, -0.2) is 9.55 Å². The SMILES string of the molecule is CCCC[n+]1c(-c2ccccc2)[nH]c(S)c1-c1ccc(C)cc1. The lowest BCUT2D eigenvalue weighted by Crippen LogP contribution is -2.36. The van der Waals surface area contributed by atoms with E-state index < -0.39 is 0 Å². The van der Waals surface area contributed by atoms with Crippen LogP contribution in [0, 0.1) is 6.92 Å². The molecule has 0 atom stereocenters. The van der Waals surface area contributed by atoms with Gasteiger partial charge in [-0.1, -0.05) is 74.0 Å². The monoisotopic (exact) mass is 323 g/mol. The van der Waals surface area contributed by atoms with Crippen LogP contribution in [-0.4, -0.2) is 4.98 Å². The molecular weight excluding hydrogens is 300 g/mol. The molecule has 118 valence electrons. The number of nitrogens with one attached hydrogen (secondary N) is 1. The number of hydrogen-bond donors (Lipinski definition) is 2. The van der Waals surface area contributed by atoms with Crippen molar-refractivity contribution in [1.82, 2.24) is 4.98 Å². The van der Waals surface area contributed by atoms with Gasteiger partial charge in [0.25, 0.3) is 5.82 Å². The van der Waals surface area contributed by atoms with Crippen molar-refractivity contribution >= 4 is 12.6 Å². The quantitative estimate of drug-likeness (QED) is 0.485.